The lowest BCUT2D eigenvalue weighted by atomic mass is 10.1. The average molecular weight is 271 g/mol. The van der Waals surface area contributed by atoms with Crippen molar-refractivity contribution < 1.29 is 19.1 Å². The summed E-state index contributed by atoms with van der Waals surface area (Å²) in [6, 6.07) is 6.39. The first-order valence-electron chi connectivity index (χ1n) is 5.39. The van der Waals surface area contributed by atoms with Crippen LogP contribution in [0, 0.1) is 5.82 Å². The predicted octanol–water partition coefficient (Wildman–Crippen LogP) is 1.30. The minimum absolute atomic E-state index is 0.0965. The molecule has 1 amide bonds. The zero-order chi connectivity index (χ0) is 13.4. The van der Waals surface area contributed by atoms with E-state index >= 15 is 0 Å². The number of thioether (sulfide) groups is 1. The molecule has 1 aromatic carbocycles. The van der Waals surface area contributed by atoms with Crippen LogP contribution in [0.25, 0.3) is 0 Å². The molecule has 2 N–H and O–H groups in total. The van der Waals surface area contributed by atoms with Gasteiger partial charge in [-0.3, -0.25) is 9.59 Å². The Morgan fingerprint density at radius 3 is 2.67 bits per heavy atom. The van der Waals surface area contributed by atoms with Crippen molar-refractivity contribution in [3.8, 4) is 0 Å². The third-order valence-corrected chi connectivity index (χ3v) is 3.05. The summed E-state index contributed by atoms with van der Waals surface area (Å²) >= 11 is 1.03. The van der Waals surface area contributed by atoms with Crippen LogP contribution in [-0.4, -0.2) is 35.0 Å². The molecule has 0 saturated carbocycles. The Bertz CT molecular complexity index is 426. The molecule has 0 atom stereocenters. The molecule has 0 unspecified atom stereocenters. The van der Waals surface area contributed by atoms with E-state index in [-0.39, 0.29) is 23.2 Å². The van der Waals surface area contributed by atoms with Gasteiger partial charge in [-0.15, -0.1) is 11.8 Å². The van der Waals surface area contributed by atoms with E-state index in [2.05, 4.69) is 5.32 Å². The molecule has 0 aromatic heterocycles. The van der Waals surface area contributed by atoms with Crippen molar-refractivity contribution in [1.29, 1.82) is 0 Å². The van der Waals surface area contributed by atoms with Gasteiger partial charge in [0, 0.05) is 6.54 Å². The van der Waals surface area contributed by atoms with E-state index in [0.717, 1.165) is 11.8 Å². The van der Waals surface area contributed by atoms with Crippen LogP contribution in [0.2, 0.25) is 0 Å². The number of carbonyl (C=O) groups is 2. The van der Waals surface area contributed by atoms with E-state index in [0.29, 0.717) is 18.5 Å². The average Bonchev–Trinajstić information content (AvgIpc) is 2.31. The number of nitrogens with one attached hydrogen (secondary N) is 1. The quantitative estimate of drug-likeness (QED) is 0.784. The summed E-state index contributed by atoms with van der Waals surface area (Å²) in [7, 11) is 0. The molecule has 98 valence electrons. The molecule has 0 aliphatic heterocycles. The number of carboxylic acid groups (broad SMARTS) is 1. The highest BCUT2D eigenvalue weighted by atomic mass is 32.2. The van der Waals surface area contributed by atoms with Crippen molar-refractivity contribution in [3.05, 3.63) is 35.6 Å². The topological polar surface area (TPSA) is 66.4 Å². The minimum atomic E-state index is -0.945. The second-order valence-corrected chi connectivity index (χ2v) is 4.56. The van der Waals surface area contributed by atoms with Crippen LogP contribution in [0.1, 0.15) is 5.56 Å². The highest BCUT2D eigenvalue weighted by Crippen LogP contribution is 2.06. The Morgan fingerprint density at radius 2 is 2.00 bits per heavy atom. The number of amides is 1. The van der Waals surface area contributed by atoms with Gasteiger partial charge in [-0.2, -0.15) is 0 Å². The number of halogens is 1. The van der Waals surface area contributed by atoms with Crippen molar-refractivity contribution in [1.82, 2.24) is 5.32 Å². The molecular weight excluding hydrogens is 257 g/mol. The largest absolute Gasteiger partial charge is 0.481 e. The third-order valence-electron chi connectivity index (χ3n) is 2.13. The Labute approximate surface area is 109 Å². The fourth-order valence-electron chi connectivity index (χ4n) is 1.32. The summed E-state index contributed by atoms with van der Waals surface area (Å²) in [5.74, 6) is -1.46. The lowest BCUT2D eigenvalue weighted by molar-refractivity contribution is -0.133. The van der Waals surface area contributed by atoms with E-state index in [9.17, 15) is 14.0 Å². The lowest BCUT2D eigenvalue weighted by Crippen LogP contribution is -2.27. The lowest BCUT2D eigenvalue weighted by Gasteiger charge is -2.05. The van der Waals surface area contributed by atoms with Crippen LogP contribution in [0.4, 0.5) is 4.39 Å². The molecule has 0 aliphatic carbocycles. The minimum Gasteiger partial charge on any atom is -0.481 e. The molecule has 0 saturated heterocycles. The number of carbonyl (C=O) groups excluding carboxylic acids is 1. The second-order valence-electron chi connectivity index (χ2n) is 3.58. The molecule has 0 bridgehead atoms. The first-order chi connectivity index (χ1) is 8.59. The summed E-state index contributed by atoms with van der Waals surface area (Å²) in [5, 5.41) is 11.0. The first-order valence-corrected chi connectivity index (χ1v) is 6.54. The van der Waals surface area contributed by atoms with E-state index in [1.165, 1.54) is 6.07 Å². The highest BCUT2D eigenvalue weighted by Gasteiger charge is 2.05. The summed E-state index contributed by atoms with van der Waals surface area (Å²) in [4.78, 5) is 21.5. The zero-order valence-corrected chi connectivity index (χ0v) is 10.5. The van der Waals surface area contributed by atoms with Gasteiger partial charge < -0.3 is 10.4 Å². The summed E-state index contributed by atoms with van der Waals surface area (Å²) < 4.78 is 13.2. The first kappa shape index (κ1) is 14.5. The van der Waals surface area contributed by atoms with Crippen molar-refractivity contribution in [3.63, 3.8) is 0 Å². The molecule has 4 nitrogen and oxygen atoms in total. The van der Waals surface area contributed by atoms with Crippen molar-refractivity contribution in [2.75, 3.05) is 18.1 Å². The summed E-state index contributed by atoms with van der Waals surface area (Å²) in [6.45, 7) is 0.341. The third kappa shape index (κ3) is 5.67. The van der Waals surface area contributed by atoms with Gasteiger partial charge in [0.1, 0.15) is 5.82 Å². The molecule has 6 heteroatoms. The van der Waals surface area contributed by atoms with Gasteiger partial charge in [-0.1, -0.05) is 18.2 Å². The van der Waals surface area contributed by atoms with Crippen LogP contribution in [0.15, 0.2) is 24.3 Å². The van der Waals surface area contributed by atoms with Crippen LogP contribution in [0.5, 0.6) is 0 Å². The van der Waals surface area contributed by atoms with Crippen LogP contribution >= 0.6 is 11.8 Å². The number of hydrogen-bond donors (Lipinski definition) is 2. The number of aliphatic carboxylic acids is 1. The highest BCUT2D eigenvalue weighted by molar-refractivity contribution is 8.00. The van der Waals surface area contributed by atoms with Gasteiger partial charge in [0.25, 0.3) is 0 Å². The molecule has 0 heterocycles. The molecule has 1 aromatic rings. The monoisotopic (exact) mass is 271 g/mol. The normalized spacial score (nSPS) is 10.1. The number of carboxylic acids is 1. The van der Waals surface area contributed by atoms with Crippen molar-refractivity contribution in [2.45, 2.75) is 6.42 Å². The Kier molecular flexibility index (Phi) is 6.21. The van der Waals surface area contributed by atoms with Crippen LogP contribution < -0.4 is 5.32 Å². The Hall–Kier alpha value is -1.56. The fourth-order valence-corrected chi connectivity index (χ4v) is 1.88. The number of benzene rings is 1. The standard InChI is InChI=1S/C12H14FNO3S/c13-10-4-2-1-3-9(10)5-6-14-11(15)7-18-8-12(16)17/h1-4H,5-8H2,(H,14,15)(H,16,17). The summed E-state index contributed by atoms with van der Waals surface area (Å²) in [5.41, 5.74) is 0.552. The van der Waals surface area contributed by atoms with Gasteiger partial charge >= 0.3 is 5.97 Å². The molecule has 1 rings (SSSR count). The van der Waals surface area contributed by atoms with E-state index in [1.807, 2.05) is 0 Å². The van der Waals surface area contributed by atoms with E-state index in [1.54, 1.807) is 18.2 Å². The predicted molar refractivity (Wildman–Crippen MR) is 68.1 cm³/mol. The smallest absolute Gasteiger partial charge is 0.313 e. The fraction of sp³-hybridized carbons (Fsp3) is 0.333. The van der Waals surface area contributed by atoms with Gasteiger partial charge in [0.2, 0.25) is 5.91 Å². The Morgan fingerprint density at radius 1 is 1.28 bits per heavy atom. The Balaban J connectivity index is 2.20. The number of rotatable bonds is 7. The SMILES string of the molecule is O=C(O)CSCC(=O)NCCc1ccccc1F. The van der Waals surface area contributed by atoms with Crippen molar-refractivity contribution >= 4 is 23.6 Å². The molecule has 0 aliphatic rings. The van der Waals surface area contributed by atoms with Gasteiger partial charge in [0.15, 0.2) is 0 Å². The molecule has 18 heavy (non-hydrogen) atoms. The second kappa shape index (κ2) is 7.71. The molecule has 0 fully saturated rings. The number of hydrogen-bond acceptors (Lipinski definition) is 3. The van der Waals surface area contributed by atoms with Gasteiger partial charge in [-0.05, 0) is 18.1 Å². The summed E-state index contributed by atoms with van der Waals surface area (Å²) in [6.07, 6.45) is 0.419. The van der Waals surface area contributed by atoms with Crippen LogP contribution in [-0.2, 0) is 16.0 Å². The maximum absolute atomic E-state index is 13.2. The molecular formula is C12H14FNO3S. The molecule has 0 radical (unpaired) electrons. The van der Waals surface area contributed by atoms with E-state index in [4.69, 9.17) is 5.11 Å². The van der Waals surface area contributed by atoms with Gasteiger partial charge in [-0.25, -0.2) is 4.39 Å². The van der Waals surface area contributed by atoms with Gasteiger partial charge in [0.05, 0.1) is 11.5 Å². The van der Waals surface area contributed by atoms with Crippen LogP contribution in [0.3, 0.4) is 0 Å². The van der Waals surface area contributed by atoms with Crippen molar-refractivity contribution in [2.24, 2.45) is 0 Å². The maximum atomic E-state index is 13.2. The molecule has 0 spiro atoms. The van der Waals surface area contributed by atoms with E-state index < -0.39 is 5.97 Å². The maximum Gasteiger partial charge on any atom is 0.313 e. The zero-order valence-electron chi connectivity index (χ0n) is 9.69.